The highest BCUT2D eigenvalue weighted by Crippen LogP contribution is 1.92. The predicted octanol–water partition coefficient (Wildman–Crippen LogP) is -0.968. The van der Waals surface area contributed by atoms with E-state index in [1.54, 1.807) is 0 Å². The van der Waals surface area contributed by atoms with Gasteiger partial charge in [0.25, 0.3) is 5.91 Å². The Labute approximate surface area is 48.7 Å². The van der Waals surface area contributed by atoms with E-state index in [0.717, 1.165) is 11.5 Å². The van der Waals surface area contributed by atoms with Gasteiger partial charge in [0.2, 0.25) is 5.01 Å². The van der Waals surface area contributed by atoms with Gasteiger partial charge in [0.05, 0.1) is 0 Å². The molecule has 0 bridgehead atoms. The molecule has 6 heteroatoms. The van der Waals surface area contributed by atoms with Gasteiger partial charge in [-0.2, -0.15) is 0 Å². The Kier molecular flexibility index (Phi) is 1.17. The molecule has 0 aliphatic rings. The van der Waals surface area contributed by atoms with Gasteiger partial charge >= 0.3 is 0 Å². The number of hydrogen-bond donors (Lipinski definition) is 1. The normalized spacial score (nSPS) is 9.00. The van der Waals surface area contributed by atoms with Crippen LogP contribution in [0.15, 0.2) is 0 Å². The van der Waals surface area contributed by atoms with Crippen LogP contribution in [0, 0.1) is 0 Å². The van der Waals surface area contributed by atoms with Crippen molar-refractivity contribution in [2.24, 2.45) is 5.73 Å². The van der Waals surface area contributed by atoms with Crippen molar-refractivity contribution in [1.82, 2.24) is 14.8 Å². The summed E-state index contributed by atoms with van der Waals surface area (Å²) in [6, 6.07) is 0. The van der Waals surface area contributed by atoms with E-state index in [4.69, 9.17) is 5.73 Å². The first kappa shape index (κ1) is 5.10. The number of primary amides is 1. The fourth-order valence-electron chi connectivity index (χ4n) is 0.228. The van der Waals surface area contributed by atoms with Crippen LogP contribution in [0.2, 0.25) is 0 Å². The molecule has 2 N–H and O–H groups in total. The summed E-state index contributed by atoms with van der Waals surface area (Å²) in [6.45, 7) is 0. The summed E-state index contributed by atoms with van der Waals surface area (Å²) in [4.78, 5) is 10.2. The van der Waals surface area contributed by atoms with E-state index in [1.807, 2.05) is 0 Å². The molecule has 42 valence electrons. The van der Waals surface area contributed by atoms with Crippen molar-refractivity contribution in [2.75, 3.05) is 0 Å². The molecule has 0 unspecified atom stereocenters. The highest BCUT2D eigenvalue weighted by molar-refractivity contribution is 7.07. The third-order valence-electron chi connectivity index (χ3n) is 0.510. The van der Waals surface area contributed by atoms with E-state index >= 15 is 0 Å². The lowest BCUT2D eigenvalue weighted by Crippen LogP contribution is -2.10. The molecule has 0 saturated heterocycles. The van der Waals surface area contributed by atoms with Crippen molar-refractivity contribution in [2.45, 2.75) is 0 Å². The van der Waals surface area contributed by atoms with Crippen LogP contribution in [-0.2, 0) is 0 Å². The molecular formula is C2H2N4OS. The van der Waals surface area contributed by atoms with Gasteiger partial charge in [0.1, 0.15) is 0 Å². The van der Waals surface area contributed by atoms with Gasteiger partial charge in [-0.3, -0.25) is 4.79 Å². The number of carbonyl (C=O) groups is 1. The van der Waals surface area contributed by atoms with Gasteiger partial charge in [-0.15, -0.1) is 5.10 Å². The highest BCUT2D eigenvalue weighted by atomic mass is 32.1. The zero-order valence-electron chi connectivity index (χ0n) is 3.74. The molecule has 8 heavy (non-hydrogen) atoms. The van der Waals surface area contributed by atoms with Gasteiger partial charge in [-0.05, 0) is 5.21 Å². The first-order valence-corrected chi connectivity index (χ1v) is 2.53. The Morgan fingerprint density at radius 1 is 1.75 bits per heavy atom. The van der Waals surface area contributed by atoms with E-state index in [0.29, 0.717) is 0 Å². The number of nitrogens with zero attached hydrogens (tertiary/aromatic N) is 3. The van der Waals surface area contributed by atoms with Crippen LogP contribution < -0.4 is 5.73 Å². The SMILES string of the molecule is NC(=O)c1nnns1. The van der Waals surface area contributed by atoms with Crippen LogP contribution in [0.4, 0.5) is 0 Å². The lowest BCUT2D eigenvalue weighted by molar-refractivity contribution is 0.0999. The summed E-state index contributed by atoms with van der Waals surface area (Å²) in [5.74, 6) is -0.583. The fraction of sp³-hybridized carbons (Fsp3) is 0. The molecule has 0 aromatic carbocycles. The van der Waals surface area contributed by atoms with E-state index in [-0.39, 0.29) is 5.01 Å². The fourth-order valence-corrected chi connectivity index (χ4v) is 0.542. The minimum absolute atomic E-state index is 0.144. The van der Waals surface area contributed by atoms with Gasteiger partial charge in [-0.25, -0.2) is 0 Å². The van der Waals surface area contributed by atoms with Crippen LogP contribution in [0.3, 0.4) is 0 Å². The number of rotatable bonds is 1. The average Bonchev–Trinajstić information content (AvgIpc) is 2.12. The summed E-state index contributed by atoms with van der Waals surface area (Å²) in [5, 5.41) is 6.60. The second-order valence-corrected chi connectivity index (χ2v) is 1.76. The molecule has 0 spiro atoms. The molecule has 0 aliphatic heterocycles. The maximum Gasteiger partial charge on any atom is 0.281 e. The number of carbonyl (C=O) groups excluding carboxylic acids is 1. The van der Waals surface area contributed by atoms with Crippen molar-refractivity contribution in [3.63, 3.8) is 0 Å². The van der Waals surface area contributed by atoms with Crippen LogP contribution in [0.25, 0.3) is 0 Å². The highest BCUT2D eigenvalue weighted by Gasteiger charge is 2.02. The van der Waals surface area contributed by atoms with Gasteiger partial charge < -0.3 is 5.73 Å². The van der Waals surface area contributed by atoms with E-state index < -0.39 is 5.91 Å². The quantitative estimate of drug-likeness (QED) is 0.530. The molecule has 1 rings (SSSR count). The molecule has 0 radical (unpaired) electrons. The molecule has 1 amide bonds. The third-order valence-corrected chi connectivity index (χ3v) is 1.12. The number of hydrogen-bond acceptors (Lipinski definition) is 5. The maximum absolute atomic E-state index is 10.2. The molecule has 0 saturated carbocycles. The van der Waals surface area contributed by atoms with E-state index in [1.165, 1.54) is 0 Å². The summed E-state index contributed by atoms with van der Waals surface area (Å²) in [7, 11) is 0. The molecule has 0 atom stereocenters. The van der Waals surface area contributed by atoms with Gasteiger partial charge in [0.15, 0.2) is 0 Å². The molecule has 1 aromatic heterocycles. The second kappa shape index (κ2) is 1.83. The van der Waals surface area contributed by atoms with E-state index in [2.05, 4.69) is 14.8 Å². The van der Waals surface area contributed by atoms with Crippen molar-refractivity contribution in [3.8, 4) is 0 Å². The third kappa shape index (κ3) is 0.784. The lowest BCUT2D eigenvalue weighted by Gasteiger charge is -1.74. The van der Waals surface area contributed by atoms with Crippen LogP contribution in [0.5, 0.6) is 0 Å². The average molecular weight is 130 g/mol. The molecule has 5 nitrogen and oxygen atoms in total. The minimum atomic E-state index is -0.583. The lowest BCUT2D eigenvalue weighted by atomic mass is 10.7. The van der Waals surface area contributed by atoms with Crippen LogP contribution >= 0.6 is 11.5 Å². The number of nitrogens with two attached hydrogens (primary N) is 1. The molecule has 0 aliphatic carbocycles. The second-order valence-electron chi connectivity index (χ2n) is 1.03. The topological polar surface area (TPSA) is 81.8 Å². The summed E-state index contributed by atoms with van der Waals surface area (Å²) < 4.78 is 3.32. The predicted molar refractivity (Wildman–Crippen MR) is 26.2 cm³/mol. The van der Waals surface area contributed by atoms with Crippen molar-refractivity contribution in [1.29, 1.82) is 0 Å². The zero-order chi connectivity index (χ0) is 5.98. The van der Waals surface area contributed by atoms with Crippen LogP contribution in [0.1, 0.15) is 9.80 Å². The Hall–Kier alpha value is -1.04. The van der Waals surface area contributed by atoms with E-state index in [9.17, 15) is 4.79 Å². The zero-order valence-corrected chi connectivity index (χ0v) is 4.55. The van der Waals surface area contributed by atoms with Crippen molar-refractivity contribution < 1.29 is 4.79 Å². The molecular weight excluding hydrogens is 128 g/mol. The maximum atomic E-state index is 10.2. The standard InChI is InChI=1S/C2H2N4OS/c3-1(7)2-4-5-6-8-2/h(H2,3,7). The van der Waals surface area contributed by atoms with Gasteiger partial charge in [0, 0.05) is 11.5 Å². The van der Waals surface area contributed by atoms with Crippen molar-refractivity contribution in [3.05, 3.63) is 5.01 Å². The first-order chi connectivity index (χ1) is 3.80. The largest absolute Gasteiger partial charge is 0.363 e. The molecule has 1 heterocycles. The van der Waals surface area contributed by atoms with Gasteiger partial charge in [-0.1, -0.05) is 4.49 Å². The van der Waals surface area contributed by atoms with Crippen molar-refractivity contribution >= 4 is 17.4 Å². The number of amides is 1. The van der Waals surface area contributed by atoms with Crippen LogP contribution in [-0.4, -0.2) is 20.7 Å². The smallest absolute Gasteiger partial charge is 0.281 e. The monoisotopic (exact) mass is 130 g/mol. The Morgan fingerprint density at radius 2 is 2.50 bits per heavy atom. The Bertz CT molecular complexity index is 182. The Balaban J connectivity index is 2.93. The summed E-state index contributed by atoms with van der Waals surface area (Å²) in [6.07, 6.45) is 0. The summed E-state index contributed by atoms with van der Waals surface area (Å²) in [5.41, 5.74) is 4.79. The molecule has 0 fully saturated rings. The first-order valence-electron chi connectivity index (χ1n) is 1.75. The Morgan fingerprint density at radius 3 is 2.75 bits per heavy atom. The summed E-state index contributed by atoms with van der Waals surface area (Å²) >= 11 is 0.884. The minimum Gasteiger partial charge on any atom is -0.363 e. The number of aromatic nitrogens is 3. The molecule has 1 aromatic rings.